The van der Waals surface area contributed by atoms with E-state index in [1.54, 1.807) is 18.5 Å². The van der Waals surface area contributed by atoms with E-state index in [-0.39, 0.29) is 5.82 Å². The number of imidazole rings is 1. The lowest BCUT2D eigenvalue weighted by Crippen LogP contribution is -2.04. The Kier molecular flexibility index (Phi) is 3.40. The first-order valence-corrected chi connectivity index (χ1v) is 6.90. The van der Waals surface area contributed by atoms with Gasteiger partial charge in [-0.1, -0.05) is 6.07 Å². The Balaban J connectivity index is 1.86. The third-order valence-electron chi connectivity index (χ3n) is 3.10. The number of fused-ring (bicyclic) bond motifs is 1. The molecule has 0 amide bonds. The fourth-order valence-corrected chi connectivity index (χ4v) is 2.32. The van der Waals surface area contributed by atoms with Gasteiger partial charge < -0.3 is 5.32 Å². The second-order valence-corrected chi connectivity index (χ2v) is 5.31. The van der Waals surface area contributed by atoms with E-state index < -0.39 is 0 Å². The summed E-state index contributed by atoms with van der Waals surface area (Å²) in [5.41, 5.74) is 3.55. The molecule has 3 rings (SSSR count). The van der Waals surface area contributed by atoms with E-state index in [2.05, 4.69) is 31.2 Å². The highest BCUT2D eigenvalue weighted by Gasteiger charge is 2.05. The lowest BCUT2D eigenvalue weighted by atomic mass is 10.2. The van der Waals surface area contributed by atoms with E-state index in [0.29, 0.717) is 6.54 Å². The van der Waals surface area contributed by atoms with Crippen molar-refractivity contribution in [1.82, 2.24) is 14.4 Å². The molecule has 0 fully saturated rings. The fourth-order valence-electron chi connectivity index (χ4n) is 2.02. The van der Waals surface area contributed by atoms with Crippen molar-refractivity contribution >= 4 is 27.3 Å². The molecule has 0 radical (unpaired) electrons. The van der Waals surface area contributed by atoms with Crippen LogP contribution in [0.15, 0.2) is 41.4 Å². The zero-order chi connectivity index (χ0) is 14.1. The molecule has 1 N–H and O–H groups in total. The highest BCUT2D eigenvalue weighted by atomic mass is 79.9. The smallest absolute Gasteiger partial charge is 0.155 e. The number of hydrogen-bond acceptors (Lipinski definition) is 3. The number of benzene rings is 1. The van der Waals surface area contributed by atoms with Gasteiger partial charge in [-0.05, 0) is 40.5 Å². The Morgan fingerprint density at radius 3 is 3.00 bits per heavy atom. The minimum Gasteiger partial charge on any atom is -0.379 e. The lowest BCUT2D eigenvalue weighted by Gasteiger charge is -2.09. The fraction of sp³-hybridized carbons (Fsp3) is 0.143. The van der Waals surface area contributed by atoms with Crippen LogP contribution >= 0.6 is 15.9 Å². The predicted octanol–water partition coefficient (Wildman–Crippen LogP) is 3.55. The van der Waals surface area contributed by atoms with Crippen molar-refractivity contribution in [2.24, 2.45) is 0 Å². The van der Waals surface area contributed by atoms with Crippen LogP contribution < -0.4 is 5.32 Å². The molecule has 4 nitrogen and oxygen atoms in total. The average molecular weight is 335 g/mol. The Morgan fingerprint density at radius 1 is 1.30 bits per heavy atom. The van der Waals surface area contributed by atoms with Crippen molar-refractivity contribution in [2.75, 3.05) is 5.32 Å². The van der Waals surface area contributed by atoms with E-state index in [1.165, 1.54) is 12.1 Å². The van der Waals surface area contributed by atoms with E-state index in [4.69, 9.17) is 0 Å². The van der Waals surface area contributed by atoms with Crippen molar-refractivity contribution in [3.63, 3.8) is 0 Å². The molecule has 0 atom stereocenters. The van der Waals surface area contributed by atoms with Crippen LogP contribution in [0.25, 0.3) is 5.65 Å². The molecule has 0 bridgehead atoms. The van der Waals surface area contributed by atoms with Gasteiger partial charge >= 0.3 is 0 Å². The number of halogens is 2. The number of anilines is 1. The second-order valence-electron chi connectivity index (χ2n) is 4.50. The quantitative estimate of drug-likeness (QED) is 0.796. The van der Waals surface area contributed by atoms with Gasteiger partial charge in [0.15, 0.2) is 5.65 Å². The van der Waals surface area contributed by atoms with Gasteiger partial charge in [-0.3, -0.25) is 4.40 Å². The van der Waals surface area contributed by atoms with Crippen molar-refractivity contribution in [3.05, 3.63) is 58.5 Å². The van der Waals surface area contributed by atoms with Crippen molar-refractivity contribution < 1.29 is 4.39 Å². The minimum atomic E-state index is -0.247. The highest BCUT2D eigenvalue weighted by Crippen LogP contribution is 2.18. The van der Waals surface area contributed by atoms with Crippen molar-refractivity contribution in [1.29, 1.82) is 0 Å². The number of aromatic nitrogens is 3. The van der Waals surface area contributed by atoms with Crippen LogP contribution in [0.3, 0.4) is 0 Å². The Hall–Kier alpha value is -1.95. The molecule has 0 unspecified atom stereocenters. The first-order valence-electron chi connectivity index (χ1n) is 6.11. The molecular weight excluding hydrogens is 323 g/mol. The molecule has 0 spiro atoms. The van der Waals surface area contributed by atoms with Crippen molar-refractivity contribution in [2.45, 2.75) is 13.5 Å². The van der Waals surface area contributed by atoms with Gasteiger partial charge in [-0.2, -0.15) is 0 Å². The predicted molar refractivity (Wildman–Crippen MR) is 79.2 cm³/mol. The first-order chi connectivity index (χ1) is 9.63. The highest BCUT2D eigenvalue weighted by molar-refractivity contribution is 9.10. The monoisotopic (exact) mass is 334 g/mol. The van der Waals surface area contributed by atoms with Crippen LogP contribution in [0.2, 0.25) is 0 Å². The number of aryl methyl sites for hydroxylation is 1. The van der Waals surface area contributed by atoms with Gasteiger partial charge in [0, 0.05) is 11.9 Å². The normalized spacial score (nSPS) is 10.9. The van der Waals surface area contributed by atoms with Gasteiger partial charge in [-0.25, -0.2) is 14.4 Å². The Morgan fingerprint density at radius 2 is 2.15 bits per heavy atom. The Bertz CT molecular complexity index is 769. The summed E-state index contributed by atoms with van der Waals surface area (Å²) in [7, 11) is 0. The third kappa shape index (κ3) is 2.51. The van der Waals surface area contributed by atoms with Crippen molar-refractivity contribution in [3.8, 4) is 0 Å². The molecule has 0 saturated carbocycles. The topological polar surface area (TPSA) is 42.2 Å². The van der Waals surface area contributed by atoms with E-state index in [9.17, 15) is 4.39 Å². The maximum absolute atomic E-state index is 13.2. The summed E-state index contributed by atoms with van der Waals surface area (Å²) in [5, 5.41) is 3.23. The molecule has 20 heavy (non-hydrogen) atoms. The number of nitrogens with one attached hydrogen (secondary N) is 1. The van der Waals surface area contributed by atoms with Crippen LogP contribution in [0.1, 0.15) is 11.3 Å². The molecule has 3 aromatic rings. The SMILES string of the molecule is Cc1ccc(F)cc1NCc1cnc2cnc(Br)cn12. The maximum Gasteiger partial charge on any atom is 0.155 e. The summed E-state index contributed by atoms with van der Waals surface area (Å²) in [5.74, 6) is -0.247. The molecule has 6 heteroatoms. The summed E-state index contributed by atoms with van der Waals surface area (Å²) in [6.07, 6.45) is 5.34. The van der Waals surface area contributed by atoms with Crippen LogP contribution in [0, 0.1) is 12.7 Å². The maximum atomic E-state index is 13.2. The molecular formula is C14H12BrFN4. The molecule has 0 aliphatic rings. The number of nitrogens with zero attached hydrogens (tertiary/aromatic N) is 3. The zero-order valence-corrected chi connectivity index (χ0v) is 12.4. The minimum absolute atomic E-state index is 0.247. The molecule has 2 heterocycles. The molecule has 102 valence electrons. The van der Waals surface area contributed by atoms with E-state index in [1.807, 2.05) is 17.5 Å². The van der Waals surface area contributed by atoms with E-state index in [0.717, 1.165) is 27.2 Å². The largest absolute Gasteiger partial charge is 0.379 e. The summed E-state index contributed by atoms with van der Waals surface area (Å²) in [6.45, 7) is 2.50. The van der Waals surface area contributed by atoms with Gasteiger partial charge in [0.1, 0.15) is 10.4 Å². The molecule has 2 aromatic heterocycles. The zero-order valence-electron chi connectivity index (χ0n) is 10.8. The summed E-state index contributed by atoms with van der Waals surface area (Å²) in [6, 6.07) is 4.71. The van der Waals surface area contributed by atoms with Gasteiger partial charge in [0.25, 0.3) is 0 Å². The Labute approximate surface area is 123 Å². The number of hydrogen-bond donors (Lipinski definition) is 1. The van der Waals surface area contributed by atoms with Crippen LogP contribution in [-0.2, 0) is 6.54 Å². The standard InChI is InChI=1S/C14H12BrFN4/c1-9-2-3-10(16)4-12(9)17-5-11-6-19-14-7-18-13(15)8-20(11)14/h2-4,6-8,17H,5H2,1H3. The lowest BCUT2D eigenvalue weighted by molar-refractivity contribution is 0.628. The summed E-state index contributed by atoms with van der Waals surface area (Å²) >= 11 is 3.34. The van der Waals surface area contributed by atoms with Gasteiger partial charge in [-0.15, -0.1) is 0 Å². The van der Waals surface area contributed by atoms with Gasteiger partial charge in [0.2, 0.25) is 0 Å². The molecule has 0 aliphatic carbocycles. The van der Waals surface area contributed by atoms with Crippen LogP contribution in [0.5, 0.6) is 0 Å². The average Bonchev–Trinajstić information content (AvgIpc) is 2.82. The molecule has 0 aliphatic heterocycles. The second kappa shape index (κ2) is 5.20. The summed E-state index contributed by atoms with van der Waals surface area (Å²) in [4.78, 5) is 8.41. The van der Waals surface area contributed by atoms with E-state index >= 15 is 0 Å². The van der Waals surface area contributed by atoms with Crippen LogP contribution in [0.4, 0.5) is 10.1 Å². The number of rotatable bonds is 3. The molecule has 0 saturated heterocycles. The molecule has 1 aromatic carbocycles. The first kappa shape index (κ1) is 13.1. The van der Waals surface area contributed by atoms with Gasteiger partial charge in [0.05, 0.1) is 24.6 Å². The summed E-state index contributed by atoms with van der Waals surface area (Å²) < 4.78 is 15.9. The third-order valence-corrected chi connectivity index (χ3v) is 3.51. The van der Waals surface area contributed by atoms with Crippen LogP contribution in [-0.4, -0.2) is 14.4 Å².